The second-order valence-corrected chi connectivity index (χ2v) is 4.14. The maximum atomic E-state index is 11.7. The van der Waals surface area contributed by atoms with Crippen molar-refractivity contribution in [2.24, 2.45) is 0 Å². The van der Waals surface area contributed by atoms with E-state index in [9.17, 15) is 4.79 Å². The molecule has 1 aromatic carbocycles. The van der Waals surface area contributed by atoms with E-state index >= 15 is 0 Å². The van der Waals surface area contributed by atoms with Crippen LogP contribution >= 0.6 is 0 Å². The molecule has 1 N–H and O–H groups in total. The van der Waals surface area contributed by atoms with Gasteiger partial charge in [-0.1, -0.05) is 18.2 Å². The summed E-state index contributed by atoms with van der Waals surface area (Å²) in [6.07, 6.45) is 0. The summed E-state index contributed by atoms with van der Waals surface area (Å²) in [5, 5.41) is 11.7. The molecule has 5 heteroatoms. The molecule has 0 unspecified atom stereocenters. The van der Waals surface area contributed by atoms with E-state index in [0.29, 0.717) is 11.5 Å². The second kappa shape index (κ2) is 4.42. The molecule has 1 amide bonds. The van der Waals surface area contributed by atoms with Gasteiger partial charge in [-0.25, -0.2) is 4.98 Å². The van der Waals surface area contributed by atoms with Gasteiger partial charge in [0.15, 0.2) is 0 Å². The standard InChI is InChI=1S/C14H10N4O/c15-8-10-4-3-7-13(16-10)18-9-14(19)17-11-5-1-2-6-12(11)18/h1-7H,9H2,(H,17,19). The first-order valence-electron chi connectivity index (χ1n) is 5.81. The number of anilines is 3. The fraction of sp³-hybridized carbons (Fsp3) is 0.0714. The molecule has 19 heavy (non-hydrogen) atoms. The number of fused-ring (bicyclic) bond motifs is 1. The first kappa shape index (κ1) is 11.2. The molecule has 0 radical (unpaired) electrons. The molecular formula is C14H10N4O. The predicted octanol–water partition coefficient (Wildman–Crippen LogP) is 2.04. The highest BCUT2D eigenvalue weighted by Crippen LogP contribution is 2.33. The van der Waals surface area contributed by atoms with Crippen molar-refractivity contribution in [1.29, 1.82) is 5.26 Å². The molecule has 0 aliphatic carbocycles. The van der Waals surface area contributed by atoms with Crippen molar-refractivity contribution in [1.82, 2.24) is 4.98 Å². The number of carbonyl (C=O) groups excluding carboxylic acids is 1. The quantitative estimate of drug-likeness (QED) is 0.840. The minimum Gasteiger partial charge on any atom is -0.323 e. The number of hydrogen-bond acceptors (Lipinski definition) is 4. The zero-order valence-electron chi connectivity index (χ0n) is 10.00. The molecule has 0 bridgehead atoms. The largest absolute Gasteiger partial charge is 0.323 e. The van der Waals surface area contributed by atoms with E-state index in [4.69, 9.17) is 5.26 Å². The number of hydrogen-bond donors (Lipinski definition) is 1. The number of para-hydroxylation sites is 2. The Kier molecular flexibility index (Phi) is 2.62. The minimum absolute atomic E-state index is 0.0946. The third-order valence-corrected chi connectivity index (χ3v) is 2.90. The summed E-state index contributed by atoms with van der Waals surface area (Å²) >= 11 is 0. The lowest BCUT2D eigenvalue weighted by molar-refractivity contribution is -0.115. The third-order valence-electron chi connectivity index (χ3n) is 2.90. The van der Waals surface area contributed by atoms with Crippen molar-refractivity contribution in [2.45, 2.75) is 0 Å². The Hall–Kier alpha value is -2.87. The normalized spacial score (nSPS) is 13.4. The van der Waals surface area contributed by atoms with Gasteiger partial charge in [-0.05, 0) is 24.3 Å². The smallest absolute Gasteiger partial charge is 0.244 e. The Morgan fingerprint density at radius 2 is 2.05 bits per heavy atom. The van der Waals surface area contributed by atoms with E-state index in [2.05, 4.69) is 10.3 Å². The van der Waals surface area contributed by atoms with Crippen molar-refractivity contribution in [2.75, 3.05) is 16.8 Å². The fourth-order valence-corrected chi connectivity index (χ4v) is 2.07. The van der Waals surface area contributed by atoms with Gasteiger partial charge >= 0.3 is 0 Å². The van der Waals surface area contributed by atoms with Crippen LogP contribution in [0.3, 0.4) is 0 Å². The molecule has 1 aliphatic rings. The van der Waals surface area contributed by atoms with Gasteiger partial charge in [0.1, 0.15) is 24.1 Å². The number of carbonyl (C=O) groups is 1. The maximum Gasteiger partial charge on any atom is 0.244 e. The van der Waals surface area contributed by atoms with Crippen LogP contribution in [-0.2, 0) is 4.79 Å². The molecule has 0 spiro atoms. The SMILES string of the molecule is N#Cc1cccc(N2CC(=O)Nc3ccccc32)n1. The van der Waals surface area contributed by atoms with Crippen molar-refractivity contribution in [3.8, 4) is 6.07 Å². The lowest BCUT2D eigenvalue weighted by atomic mass is 10.2. The van der Waals surface area contributed by atoms with Gasteiger partial charge in [-0.3, -0.25) is 4.79 Å². The minimum atomic E-state index is -0.0946. The molecule has 3 rings (SSSR count). The van der Waals surface area contributed by atoms with Gasteiger partial charge in [-0.15, -0.1) is 0 Å². The third kappa shape index (κ3) is 2.00. The van der Waals surface area contributed by atoms with Crippen LogP contribution in [0.1, 0.15) is 5.69 Å². The van der Waals surface area contributed by atoms with Crippen LogP contribution in [0.5, 0.6) is 0 Å². The Morgan fingerprint density at radius 1 is 1.21 bits per heavy atom. The summed E-state index contributed by atoms with van der Waals surface area (Å²) in [6, 6.07) is 14.7. The summed E-state index contributed by atoms with van der Waals surface area (Å²) < 4.78 is 0. The van der Waals surface area contributed by atoms with Crippen LogP contribution in [0.2, 0.25) is 0 Å². The highest BCUT2D eigenvalue weighted by atomic mass is 16.2. The van der Waals surface area contributed by atoms with Gasteiger partial charge < -0.3 is 10.2 Å². The average Bonchev–Trinajstić information content (AvgIpc) is 2.46. The van der Waals surface area contributed by atoms with Crippen LogP contribution in [0.15, 0.2) is 42.5 Å². The topological polar surface area (TPSA) is 69.0 Å². The first-order chi connectivity index (χ1) is 9.28. The second-order valence-electron chi connectivity index (χ2n) is 4.14. The van der Waals surface area contributed by atoms with Crippen LogP contribution in [0, 0.1) is 11.3 Å². The molecule has 0 saturated carbocycles. The Labute approximate surface area is 110 Å². The molecule has 1 aliphatic heterocycles. The van der Waals surface area contributed by atoms with Crippen LogP contribution < -0.4 is 10.2 Å². The van der Waals surface area contributed by atoms with Gasteiger partial charge in [0.2, 0.25) is 5.91 Å². The van der Waals surface area contributed by atoms with E-state index in [1.165, 1.54) is 0 Å². The molecule has 92 valence electrons. The fourth-order valence-electron chi connectivity index (χ4n) is 2.07. The highest BCUT2D eigenvalue weighted by molar-refractivity contribution is 6.02. The number of nitriles is 1. The van der Waals surface area contributed by atoms with Gasteiger partial charge in [0.05, 0.1) is 11.4 Å². The van der Waals surface area contributed by atoms with E-state index in [1.807, 2.05) is 30.3 Å². The molecule has 0 fully saturated rings. The Balaban J connectivity index is 2.10. The number of benzene rings is 1. The molecule has 5 nitrogen and oxygen atoms in total. The zero-order valence-corrected chi connectivity index (χ0v) is 10.00. The number of pyridine rings is 1. The average molecular weight is 250 g/mol. The number of amides is 1. The number of aromatic nitrogens is 1. The molecule has 0 atom stereocenters. The van der Waals surface area contributed by atoms with Crippen molar-refractivity contribution in [3.05, 3.63) is 48.2 Å². The number of nitrogens with zero attached hydrogens (tertiary/aromatic N) is 3. The monoisotopic (exact) mass is 250 g/mol. The molecule has 2 aromatic rings. The number of rotatable bonds is 1. The van der Waals surface area contributed by atoms with E-state index in [0.717, 1.165) is 11.4 Å². The van der Waals surface area contributed by atoms with Crippen molar-refractivity contribution >= 4 is 23.1 Å². The summed E-state index contributed by atoms with van der Waals surface area (Å²) in [6.45, 7) is 0.193. The molecule has 0 saturated heterocycles. The van der Waals surface area contributed by atoms with Crippen molar-refractivity contribution in [3.63, 3.8) is 0 Å². The lowest BCUT2D eigenvalue weighted by Crippen LogP contribution is -2.35. The maximum absolute atomic E-state index is 11.7. The summed E-state index contributed by atoms with van der Waals surface area (Å²) in [7, 11) is 0. The number of nitrogens with one attached hydrogen (secondary N) is 1. The van der Waals surface area contributed by atoms with Crippen molar-refractivity contribution < 1.29 is 4.79 Å². The van der Waals surface area contributed by atoms with Gasteiger partial charge in [0, 0.05) is 0 Å². The van der Waals surface area contributed by atoms with E-state index < -0.39 is 0 Å². The lowest BCUT2D eigenvalue weighted by Gasteiger charge is -2.29. The summed E-state index contributed by atoms with van der Waals surface area (Å²) in [5.41, 5.74) is 1.97. The zero-order chi connectivity index (χ0) is 13.2. The Morgan fingerprint density at radius 3 is 2.89 bits per heavy atom. The van der Waals surface area contributed by atoms with Crippen LogP contribution in [0.25, 0.3) is 0 Å². The first-order valence-corrected chi connectivity index (χ1v) is 5.81. The van der Waals surface area contributed by atoms with Crippen LogP contribution in [0.4, 0.5) is 17.2 Å². The summed E-state index contributed by atoms with van der Waals surface area (Å²) in [4.78, 5) is 17.8. The highest BCUT2D eigenvalue weighted by Gasteiger charge is 2.23. The molecule has 1 aromatic heterocycles. The van der Waals surface area contributed by atoms with Gasteiger partial charge in [-0.2, -0.15) is 5.26 Å². The summed E-state index contributed by atoms with van der Waals surface area (Å²) in [5.74, 6) is 0.504. The van der Waals surface area contributed by atoms with E-state index in [-0.39, 0.29) is 12.5 Å². The molecule has 2 heterocycles. The molecular weight excluding hydrogens is 240 g/mol. The Bertz CT molecular complexity index is 690. The predicted molar refractivity (Wildman–Crippen MR) is 71.0 cm³/mol. The van der Waals surface area contributed by atoms with Crippen LogP contribution in [-0.4, -0.2) is 17.4 Å². The van der Waals surface area contributed by atoms with E-state index in [1.54, 1.807) is 23.1 Å². The van der Waals surface area contributed by atoms with Gasteiger partial charge in [0.25, 0.3) is 0 Å².